The summed E-state index contributed by atoms with van der Waals surface area (Å²) in [4.78, 5) is 3.77. The van der Waals surface area contributed by atoms with Gasteiger partial charge in [-0.2, -0.15) is 5.26 Å². The van der Waals surface area contributed by atoms with Crippen LogP contribution in [-0.2, 0) is 5.41 Å². The lowest BCUT2D eigenvalue weighted by molar-refractivity contribution is 0.137. The van der Waals surface area contributed by atoms with Crippen LogP contribution >= 0.6 is 11.3 Å². The lowest BCUT2D eigenvalue weighted by Gasteiger charge is -2.40. The Labute approximate surface area is 100 Å². The van der Waals surface area contributed by atoms with Crippen LogP contribution in [0.2, 0.25) is 0 Å². The van der Waals surface area contributed by atoms with Crippen LogP contribution in [-0.4, -0.2) is 24.0 Å². The monoisotopic (exact) mass is 232 g/mol. The first kappa shape index (κ1) is 10.3. The van der Waals surface area contributed by atoms with Gasteiger partial charge in [0.15, 0.2) is 0 Å². The largest absolute Gasteiger partial charge is 0.300 e. The molecule has 0 amide bonds. The number of thiophene rings is 1. The van der Waals surface area contributed by atoms with Crippen LogP contribution in [0.4, 0.5) is 0 Å². The highest BCUT2D eigenvalue weighted by atomic mass is 32.1. The maximum absolute atomic E-state index is 9.60. The zero-order valence-electron chi connectivity index (χ0n) is 9.52. The van der Waals surface area contributed by atoms with Crippen molar-refractivity contribution in [1.29, 1.82) is 5.26 Å². The first-order valence-electron chi connectivity index (χ1n) is 5.92. The van der Waals surface area contributed by atoms with Crippen molar-refractivity contribution >= 4 is 11.3 Å². The molecule has 0 radical (unpaired) electrons. The van der Waals surface area contributed by atoms with Gasteiger partial charge in [-0.3, -0.25) is 0 Å². The molecular formula is C13H16N2S. The Morgan fingerprint density at radius 1 is 1.44 bits per heavy atom. The second-order valence-corrected chi connectivity index (χ2v) is 6.08. The number of hydrogen-bond acceptors (Lipinski definition) is 3. The Bertz CT molecular complexity index is 404. The summed E-state index contributed by atoms with van der Waals surface area (Å²) in [6.45, 7) is 0. The van der Waals surface area contributed by atoms with E-state index in [9.17, 15) is 5.26 Å². The smallest absolute Gasteiger partial charge is 0.0944 e. The molecule has 1 aromatic heterocycles. The van der Waals surface area contributed by atoms with E-state index >= 15 is 0 Å². The van der Waals surface area contributed by atoms with Gasteiger partial charge in [-0.25, -0.2) is 0 Å². The van der Waals surface area contributed by atoms with E-state index in [0.717, 1.165) is 12.8 Å². The zero-order chi connectivity index (χ0) is 11.2. The van der Waals surface area contributed by atoms with Gasteiger partial charge in [0.1, 0.15) is 0 Å². The molecule has 2 nitrogen and oxygen atoms in total. The average molecular weight is 232 g/mol. The lowest BCUT2D eigenvalue weighted by Crippen LogP contribution is -2.46. The Hall–Kier alpha value is -0.850. The summed E-state index contributed by atoms with van der Waals surface area (Å²) in [6.07, 6.45) is 4.60. The van der Waals surface area contributed by atoms with Gasteiger partial charge in [0.2, 0.25) is 0 Å². The molecule has 16 heavy (non-hydrogen) atoms. The first-order chi connectivity index (χ1) is 7.75. The third-order valence-electron chi connectivity index (χ3n) is 4.36. The molecule has 2 unspecified atom stereocenters. The molecule has 2 aliphatic heterocycles. The van der Waals surface area contributed by atoms with Gasteiger partial charge in [-0.1, -0.05) is 6.07 Å². The minimum atomic E-state index is -0.188. The van der Waals surface area contributed by atoms with E-state index < -0.39 is 0 Å². The summed E-state index contributed by atoms with van der Waals surface area (Å²) >= 11 is 1.74. The summed E-state index contributed by atoms with van der Waals surface area (Å²) < 4.78 is 0. The second-order valence-electron chi connectivity index (χ2n) is 5.13. The van der Waals surface area contributed by atoms with Gasteiger partial charge in [-0.15, -0.1) is 11.3 Å². The molecule has 0 aromatic carbocycles. The van der Waals surface area contributed by atoms with Crippen LogP contribution in [0, 0.1) is 11.3 Å². The summed E-state index contributed by atoms with van der Waals surface area (Å²) in [5.74, 6) is 0. The highest BCUT2D eigenvalue weighted by molar-refractivity contribution is 7.10. The Kier molecular flexibility index (Phi) is 2.31. The predicted octanol–water partition coefficient (Wildman–Crippen LogP) is 2.77. The van der Waals surface area contributed by atoms with Crippen molar-refractivity contribution in [3.63, 3.8) is 0 Å². The topological polar surface area (TPSA) is 27.0 Å². The van der Waals surface area contributed by atoms with Crippen molar-refractivity contribution in [3.05, 3.63) is 22.4 Å². The molecular weight excluding hydrogens is 216 g/mol. The van der Waals surface area contributed by atoms with E-state index in [1.54, 1.807) is 11.3 Å². The van der Waals surface area contributed by atoms with Crippen LogP contribution < -0.4 is 0 Å². The van der Waals surface area contributed by atoms with E-state index in [4.69, 9.17) is 0 Å². The van der Waals surface area contributed by atoms with Crippen LogP contribution in [0.25, 0.3) is 0 Å². The molecule has 0 aliphatic carbocycles. The van der Waals surface area contributed by atoms with Gasteiger partial charge in [0, 0.05) is 17.0 Å². The van der Waals surface area contributed by atoms with Crippen molar-refractivity contribution in [2.45, 2.75) is 43.2 Å². The number of nitriles is 1. The van der Waals surface area contributed by atoms with Crippen molar-refractivity contribution in [2.75, 3.05) is 7.05 Å². The van der Waals surface area contributed by atoms with Crippen LogP contribution in [0.5, 0.6) is 0 Å². The van der Waals surface area contributed by atoms with Gasteiger partial charge >= 0.3 is 0 Å². The predicted molar refractivity (Wildman–Crippen MR) is 65.4 cm³/mol. The molecule has 2 bridgehead atoms. The number of fused-ring (bicyclic) bond motifs is 2. The number of hydrogen-bond donors (Lipinski definition) is 0. The molecule has 2 atom stereocenters. The van der Waals surface area contributed by atoms with E-state index in [2.05, 4.69) is 35.5 Å². The maximum atomic E-state index is 9.60. The van der Waals surface area contributed by atoms with Crippen LogP contribution in [0.3, 0.4) is 0 Å². The molecule has 1 aromatic rings. The normalized spacial score (nSPS) is 38.5. The van der Waals surface area contributed by atoms with Gasteiger partial charge < -0.3 is 4.90 Å². The standard InChI is InChI=1S/C13H16N2S/c1-15-10-4-5-11(15)8-13(7-10,9-14)12-3-2-6-16-12/h2-3,6,10-11H,4-5,7-8H2,1H3. The molecule has 3 heteroatoms. The molecule has 0 saturated carbocycles. The molecule has 3 heterocycles. The molecule has 0 spiro atoms. The minimum Gasteiger partial charge on any atom is -0.300 e. The number of piperidine rings is 1. The average Bonchev–Trinajstić information content (AvgIpc) is 2.88. The first-order valence-corrected chi connectivity index (χ1v) is 6.80. The lowest BCUT2D eigenvalue weighted by atomic mass is 9.75. The summed E-state index contributed by atoms with van der Waals surface area (Å²) in [6, 6.07) is 8.08. The SMILES string of the molecule is CN1C2CCC1CC(C#N)(c1cccs1)C2. The fourth-order valence-electron chi connectivity index (χ4n) is 3.37. The highest BCUT2D eigenvalue weighted by Crippen LogP contribution is 2.47. The molecule has 3 rings (SSSR count). The van der Waals surface area contributed by atoms with Crippen LogP contribution in [0.15, 0.2) is 17.5 Å². The fourth-order valence-corrected chi connectivity index (χ4v) is 4.27. The van der Waals surface area contributed by atoms with E-state index in [-0.39, 0.29) is 5.41 Å². The van der Waals surface area contributed by atoms with Crippen molar-refractivity contribution in [1.82, 2.24) is 4.90 Å². The minimum absolute atomic E-state index is 0.188. The second kappa shape index (κ2) is 3.58. The highest BCUT2D eigenvalue weighted by Gasteiger charge is 2.48. The van der Waals surface area contributed by atoms with Gasteiger partial charge in [0.25, 0.3) is 0 Å². The molecule has 2 aliphatic rings. The number of rotatable bonds is 1. The van der Waals surface area contributed by atoms with Gasteiger partial charge in [-0.05, 0) is 44.2 Å². The summed E-state index contributed by atoms with van der Waals surface area (Å²) in [7, 11) is 2.22. The Balaban J connectivity index is 1.97. The van der Waals surface area contributed by atoms with Gasteiger partial charge in [0.05, 0.1) is 11.5 Å². The van der Waals surface area contributed by atoms with Crippen LogP contribution in [0.1, 0.15) is 30.6 Å². The van der Waals surface area contributed by atoms with E-state index in [0.29, 0.717) is 12.1 Å². The van der Waals surface area contributed by atoms with E-state index in [1.807, 2.05) is 0 Å². The molecule has 0 N–H and O–H groups in total. The Morgan fingerprint density at radius 3 is 2.62 bits per heavy atom. The summed E-state index contributed by atoms with van der Waals surface area (Å²) in [5, 5.41) is 11.7. The third-order valence-corrected chi connectivity index (χ3v) is 5.43. The van der Waals surface area contributed by atoms with Crippen molar-refractivity contribution in [2.24, 2.45) is 0 Å². The Morgan fingerprint density at radius 2 is 2.12 bits per heavy atom. The van der Waals surface area contributed by atoms with Crippen molar-refractivity contribution < 1.29 is 0 Å². The quantitative estimate of drug-likeness (QED) is 0.744. The zero-order valence-corrected chi connectivity index (χ0v) is 10.3. The fraction of sp³-hybridized carbons (Fsp3) is 0.615. The number of nitrogens with zero attached hydrogens (tertiary/aromatic N) is 2. The molecule has 2 saturated heterocycles. The molecule has 2 fully saturated rings. The summed E-state index contributed by atoms with van der Waals surface area (Å²) in [5.41, 5.74) is -0.188. The maximum Gasteiger partial charge on any atom is 0.0944 e. The van der Waals surface area contributed by atoms with E-state index in [1.165, 1.54) is 17.7 Å². The van der Waals surface area contributed by atoms with Crippen molar-refractivity contribution in [3.8, 4) is 6.07 Å². The molecule has 84 valence electrons. The third kappa shape index (κ3) is 1.33.